The first-order chi connectivity index (χ1) is 11.2. The number of ether oxygens (including phenoxy) is 1. The lowest BCUT2D eigenvalue weighted by Gasteiger charge is -2.02. The lowest BCUT2D eigenvalue weighted by Crippen LogP contribution is -2.04. The molecule has 3 aromatic rings. The van der Waals surface area contributed by atoms with Crippen molar-refractivity contribution in [3.05, 3.63) is 72.0 Å². The molecule has 0 aliphatic rings. The highest BCUT2D eigenvalue weighted by atomic mass is 16.5. The number of hydrogen-bond donors (Lipinski definition) is 0. The summed E-state index contributed by atoms with van der Waals surface area (Å²) < 4.78 is 11.0. The fraction of sp³-hybridized carbons (Fsp3) is 0.150. The van der Waals surface area contributed by atoms with Gasteiger partial charge in [0.05, 0.1) is 6.61 Å². The first kappa shape index (κ1) is 15.1. The van der Waals surface area contributed by atoms with Gasteiger partial charge in [-0.3, -0.25) is 0 Å². The normalized spacial score (nSPS) is 10.5. The molecule has 1 aromatic heterocycles. The van der Waals surface area contributed by atoms with Crippen molar-refractivity contribution >= 4 is 5.97 Å². The second-order valence-corrected chi connectivity index (χ2v) is 5.31. The van der Waals surface area contributed by atoms with Gasteiger partial charge in [-0.25, -0.2) is 4.79 Å². The number of carbonyl (C=O) groups excluding carboxylic acids is 1. The highest BCUT2D eigenvalue weighted by molar-refractivity contribution is 5.95. The number of rotatable bonds is 4. The Morgan fingerprint density at radius 3 is 2.43 bits per heavy atom. The van der Waals surface area contributed by atoms with Gasteiger partial charge in [0.15, 0.2) is 0 Å². The van der Waals surface area contributed by atoms with Gasteiger partial charge in [0, 0.05) is 11.1 Å². The Kier molecular flexibility index (Phi) is 4.29. The zero-order chi connectivity index (χ0) is 16.2. The Bertz CT molecular complexity index is 816. The third-order valence-corrected chi connectivity index (χ3v) is 3.58. The Morgan fingerprint density at radius 2 is 1.74 bits per heavy atom. The lowest BCUT2D eigenvalue weighted by molar-refractivity contribution is 0.0492. The van der Waals surface area contributed by atoms with Crippen LogP contribution in [0.3, 0.4) is 0 Å². The minimum Gasteiger partial charge on any atom is -0.460 e. The van der Waals surface area contributed by atoms with Crippen LogP contribution in [0.5, 0.6) is 0 Å². The second-order valence-electron chi connectivity index (χ2n) is 5.31. The molecule has 3 nitrogen and oxygen atoms in total. The van der Waals surface area contributed by atoms with Gasteiger partial charge in [-0.1, -0.05) is 54.1 Å². The molecule has 0 unspecified atom stereocenters. The Labute approximate surface area is 135 Å². The van der Waals surface area contributed by atoms with Gasteiger partial charge in [0.25, 0.3) is 0 Å². The van der Waals surface area contributed by atoms with E-state index in [1.165, 1.54) is 0 Å². The van der Waals surface area contributed by atoms with Crippen LogP contribution in [0.1, 0.15) is 23.0 Å². The van der Waals surface area contributed by atoms with Crippen LogP contribution in [0.4, 0.5) is 0 Å². The molecule has 0 aliphatic heterocycles. The number of esters is 1. The molecule has 3 rings (SSSR count). The smallest absolute Gasteiger partial charge is 0.374 e. The molecule has 0 saturated heterocycles. The van der Waals surface area contributed by atoms with Crippen molar-refractivity contribution in [3.8, 4) is 22.5 Å². The van der Waals surface area contributed by atoms with E-state index in [9.17, 15) is 4.79 Å². The van der Waals surface area contributed by atoms with Crippen LogP contribution in [0, 0.1) is 6.92 Å². The molecular weight excluding hydrogens is 288 g/mol. The lowest BCUT2D eigenvalue weighted by atomic mass is 10.0. The summed E-state index contributed by atoms with van der Waals surface area (Å²) in [6, 6.07) is 19.6. The van der Waals surface area contributed by atoms with Gasteiger partial charge in [-0.05, 0) is 31.5 Å². The Morgan fingerprint density at radius 1 is 1.00 bits per heavy atom. The summed E-state index contributed by atoms with van der Waals surface area (Å²) in [6.45, 7) is 4.12. The quantitative estimate of drug-likeness (QED) is 0.630. The molecule has 0 amide bonds. The summed E-state index contributed by atoms with van der Waals surface area (Å²) in [5.41, 5.74) is 3.76. The van der Waals surface area contributed by atoms with Crippen LogP contribution in [-0.4, -0.2) is 12.6 Å². The van der Waals surface area contributed by atoms with Gasteiger partial charge >= 0.3 is 5.97 Å². The maximum atomic E-state index is 12.2. The predicted molar refractivity (Wildman–Crippen MR) is 90.3 cm³/mol. The van der Waals surface area contributed by atoms with Crippen molar-refractivity contribution in [3.63, 3.8) is 0 Å². The summed E-state index contributed by atoms with van der Waals surface area (Å²) in [5, 5.41) is 0. The standard InChI is InChI=1S/C20H18O3/c1-3-22-20(21)19-17(15-9-5-4-6-10-15)13-18(23-19)16-11-7-8-14(2)12-16/h4-13H,3H2,1-2H3. The predicted octanol–water partition coefficient (Wildman–Crippen LogP) is 5.10. The molecule has 2 aromatic carbocycles. The maximum absolute atomic E-state index is 12.2. The number of furan rings is 1. The van der Waals surface area contributed by atoms with Crippen molar-refractivity contribution in [1.82, 2.24) is 0 Å². The van der Waals surface area contributed by atoms with E-state index in [1.54, 1.807) is 6.92 Å². The average Bonchev–Trinajstić information content (AvgIpc) is 3.01. The average molecular weight is 306 g/mol. The minimum absolute atomic E-state index is 0.245. The van der Waals surface area contributed by atoms with E-state index in [-0.39, 0.29) is 5.76 Å². The van der Waals surface area contributed by atoms with E-state index in [0.29, 0.717) is 12.4 Å². The van der Waals surface area contributed by atoms with E-state index in [4.69, 9.17) is 9.15 Å². The zero-order valence-electron chi connectivity index (χ0n) is 13.2. The van der Waals surface area contributed by atoms with Crippen LogP contribution < -0.4 is 0 Å². The van der Waals surface area contributed by atoms with Gasteiger partial charge < -0.3 is 9.15 Å². The van der Waals surface area contributed by atoms with E-state index < -0.39 is 5.97 Å². The molecule has 0 bridgehead atoms. The number of aryl methyl sites for hydroxylation is 1. The van der Waals surface area contributed by atoms with Crippen LogP contribution >= 0.6 is 0 Å². The molecule has 23 heavy (non-hydrogen) atoms. The van der Waals surface area contributed by atoms with E-state index >= 15 is 0 Å². The van der Waals surface area contributed by atoms with Crippen molar-refractivity contribution in [1.29, 1.82) is 0 Å². The summed E-state index contributed by atoms with van der Waals surface area (Å²) in [4.78, 5) is 12.2. The largest absolute Gasteiger partial charge is 0.460 e. The molecule has 3 heteroatoms. The van der Waals surface area contributed by atoms with Crippen molar-refractivity contribution in [2.45, 2.75) is 13.8 Å². The summed E-state index contributed by atoms with van der Waals surface area (Å²) in [7, 11) is 0. The summed E-state index contributed by atoms with van der Waals surface area (Å²) in [5.74, 6) is 0.468. The first-order valence-electron chi connectivity index (χ1n) is 7.62. The molecule has 0 saturated carbocycles. The Balaban J connectivity index is 2.12. The van der Waals surface area contributed by atoms with Crippen molar-refractivity contribution < 1.29 is 13.9 Å². The molecule has 0 aliphatic carbocycles. The number of benzene rings is 2. The second kappa shape index (κ2) is 6.53. The SMILES string of the molecule is CCOC(=O)c1oc(-c2cccc(C)c2)cc1-c1ccccc1. The summed E-state index contributed by atoms with van der Waals surface area (Å²) >= 11 is 0. The molecule has 1 heterocycles. The number of hydrogen-bond acceptors (Lipinski definition) is 3. The number of carbonyl (C=O) groups is 1. The van der Waals surface area contributed by atoms with Crippen LogP contribution in [0.25, 0.3) is 22.5 Å². The molecule has 0 spiro atoms. The van der Waals surface area contributed by atoms with Crippen molar-refractivity contribution in [2.24, 2.45) is 0 Å². The Hall–Kier alpha value is -2.81. The zero-order valence-corrected chi connectivity index (χ0v) is 13.2. The highest BCUT2D eigenvalue weighted by Gasteiger charge is 2.21. The fourth-order valence-electron chi connectivity index (χ4n) is 2.51. The monoisotopic (exact) mass is 306 g/mol. The van der Waals surface area contributed by atoms with Crippen molar-refractivity contribution in [2.75, 3.05) is 6.61 Å². The van der Waals surface area contributed by atoms with Gasteiger partial charge in [-0.15, -0.1) is 0 Å². The van der Waals surface area contributed by atoms with Gasteiger partial charge in [0.1, 0.15) is 5.76 Å². The molecule has 116 valence electrons. The summed E-state index contributed by atoms with van der Waals surface area (Å²) in [6.07, 6.45) is 0. The third-order valence-electron chi connectivity index (χ3n) is 3.58. The minimum atomic E-state index is -0.440. The topological polar surface area (TPSA) is 39.4 Å². The molecule has 0 atom stereocenters. The maximum Gasteiger partial charge on any atom is 0.374 e. The van der Waals surface area contributed by atoms with Crippen LogP contribution in [0.15, 0.2) is 65.1 Å². The van der Waals surface area contributed by atoms with Crippen LogP contribution in [-0.2, 0) is 4.74 Å². The molecule has 0 N–H and O–H groups in total. The third kappa shape index (κ3) is 3.19. The van der Waals surface area contributed by atoms with Gasteiger partial charge in [-0.2, -0.15) is 0 Å². The van der Waals surface area contributed by atoms with E-state index in [0.717, 1.165) is 22.3 Å². The van der Waals surface area contributed by atoms with Gasteiger partial charge in [0.2, 0.25) is 5.76 Å². The fourth-order valence-corrected chi connectivity index (χ4v) is 2.51. The first-order valence-corrected chi connectivity index (χ1v) is 7.62. The molecule has 0 fully saturated rings. The van der Waals surface area contributed by atoms with E-state index in [2.05, 4.69) is 0 Å². The van der Waals surface area contributed by atoms with Crippen LogP contribution in [0.2, 0.25) is 0 Å². The highest BCUT2D eigenvalue weighted by Crippen LogP contribution is 2.33. The van der Waals surface area contributed by atoms with E-state index in [1.807, 2.05) is 67.6 Å². The molecular formula is C20H18O3. The molecule has 0 radical (unpaired) electrons.